The van der Waals surface area contributed by atoms with E-state index in [1.165, 1.54) is 77.0 Å². The van der Waals surface area contributed by atoms with Crippen molar-refractivity contribution < 1.29 is 80.2 Å². The first-order chi connectivity index (χ1) is 45.7. The van der Waals surface area contributed by atoms with Crippen LogP contribution in [-0.4, -0.2) is 96.7 Å². The van der Waals surface area contributed by atoms with E-state index in [4.69, 9.17) is 37.0 Å². The van der Waals surface area contributed by atoms with Gasteiger partial charge in [-0.2, -0.15) is 0 Å². The maximum absolute atomic E-state index is 13.0. The number of hydrogen-bond donors (Lipinski definition) is 3. The Morgan fingerprint density at radius 1 is 0.309 bits per heavy atom. The summed E-state index contributed by atoms with van der Waals surface area (Å²) in [5, 5.41) is 10.6. The summed E-state index contributed by atoms with van der Waals surface area (Å²) in [4.78, 5) is 72.6. The van der Waals surface area contributed by atoms with E-state index in [0.29, 0.717) is 25.7 Å². The Morgan fingerprint density at radius 2 is 0.574 bits per heavy atom. The summed E-state index contributed by atoms with van der Waals surface area (Å²) < 4.78 is 68.3. The van der Waals surface area contributed by atoms with Crippen molar-refractivity contribution in [2.24, 2.45) is 0 Å². The maximum atomic E-state index is 13.0. The molecule has 0 saturated carbocycles. The van der Waals surface area contributed by atoms with Gasteiger partial charge in [0, 0.05) is 25.7 Å². The van der Waals surface area contributed by atoms with Gasteiger partial charge in [-0.05, 0) is 89.9 Å². The van der Waals surface area contributed by atoms with Gasteiger partial charge in [0.1, 0.15) is 19.3 Å². The summed E-state index contributed by atoms with van der Waals surface area (Å²) in [5.41, 5.74) is 0. The number of phosphoric ester groups is 2. The Kier molecular flexibility index (Phi) is 65.5. The number of hydrogen-bond acceptors (Lipinski definition) is 15. The molecule has 94 heavy (non-hydrogen) atoms. The Balaban J connectivity index is 5.27. The Hall–Kier alpha value is -3.50. The lowest BCUT2D eigenvalue weighted by atomic mass is 10.1. The summed E-state index contributed by atoms with van der Waals surface area (Å²) in [6.07, 6.45) is 66.2. The fourth-order valence-electron chi connectivity index (χ4n) is 10.0. The van der Waals surface area contributed by atoms with Gasteiger partial charge in [-0.25, -0.2) is 9.13 Å². The molecule has 17 nitrogen and oxygen atoms in total. The Bertz CT molecular complexity index is 2070. The lowest BCUT2D eigenvalue weighted by Gasteiger charge is -2.21. The molecule has 0 aliphatic heterocycles. The smallest absolute Gasteiger partial charge is 0.462 e. The molecular weight excluding hydrogens is 1230 g/mol. The number of phosphoric acid groups is 2. The van der Waals surface area contributed by atoms with Crippen molar-refractivity contribution in [1.29, 1.82) is 0 Å². The molecule has 5 atom stereocenters. The minimum absolute atomic E-state index is 0.0959. The minimum Gasteiger partial charge on any atom is -0.462 e. The van der Waals surface area contributed by atoms with Gasteiger partial charge in [-0.3, -0.25) is 37.3 Å². The molecule has 0 amide bonds. The van der Waals surface area contributed by atoms with Crippen LogP contribution in [0.2, 0.25) is 0 Å². The van der Waals surface area contributed by atoms with Gasteiger partial charge in [0.2, 0.25) is 0 Å². The Morgan fingerprint density at radius 3 is 0.894 bits per heavy atom. The largest absolute Gasteiger partial charge is 0.472 e. The molecule has 0 radical (unpaired) electrons. The predicted octanol–water partition coefficient (Wildman–Crippen LogP) is 20.9. The van der Waals surface area contributed by atoms with Crippen LogP contribution in [0.5, 0.6) is 0 Å². The number of aliphatic hydroxyl groups excluding tert-OH is 1. The van der Waals surface area contributed by atoms with E-state index in [1.54, 1.807) is 0 Å². The second kappa shape index (κ2) is 68.0. The van der Waals surface area contributed by atoms with Crippen LogP contribution in [0.3, 0.4) is 0 Å². The number of rotatable bonds is 70. The van der Waals surface area contributed by atoms with E-state index in [9.17, 15) is 43.2 Å². The summed E-state index contributed by atoms with van der Waals surface area (Å²) in [7, 11) is -9.93. The lowest BCUT2D eigenvalue weighted by molar-refractivity contribution is -0.161. The monoisotopic (exact) mass is 1370 g/mol. The van der Waals surface area contributed by atoms with Crippen molar-refractivity contribution in [3.63, 3.8) is 0 Å². The molecule has 0 heterocycles. The lowest BCUT2D eigenvalue weighted by Crippen LogP contribution is -2.30. The van der Waals surface area contributed by atoms with Crippen molar-refractivity contribution >= 4 is 39.5 Å². The van der Waals surface area contributed by atoms with Crippen LogP contribution in [-0.2, 0) is 65.4 Å². The standard InChI is InChI=1S/C75H134O17P2/c1-5-9-13-17-21-25-29-31-32-33-34-35-36-38-42-44-48-52-56-60-73(78)86-66-71(92-75(80)62-58-54-50-46-40-28-24-20-16-12-8-4)68-90-94(83,84)88-64-69(76)63-87-93(81,82)89-67-70(91-74(79)61-57-53-49-45-39-27-23-19-15-11-7-3)65-85-72(77)59-55-51-47-43-41-37-30-26-22-18-14-10-6-2/h9,13-14,18,21,25-26,30-32,34-35,69-71,76H,5-8,10-12,15-17,19-20,22-24,27-29,33,36-68H2,1-4H3,(H,81,82)(H,83,84)/b13-9-,18-14-,25-21-,30-26-,32-31-,35-34-. The number of aliphatic hydroxyl groups is 1. The molecule has 5 unspecified atom stereocenters. The normalized spacial score (nSPS) is 14.4. The molecular formula is C75H134O17P2. The first-order valence-electron chi connectivity index (χ1n) is 37.2. The van der Waals surface area contributed by atoms with E-state index < -0.39 is 97.5 Å². The number of carbonyl (C=O) groups is 4. The van der Waals surface area contributed by atoms with Crippen LogP contribution in [0.15, 0.2) is 72.9 Å². The van der Waals surface area contributed by atoms with Gasteiger partial charge in [0.05, 0.1) is 26.4 Å². The fourth-order valence-corrected chi connectivity index (χ4v) is 11.6. The number of esters is 4. The van der Waals surface area contributed by atoms with Gasteiger partial charge in [-0.1, -0.05) is 280 Å². The third kappa shape index (κ3) is 67.1. The first-order valence-corrected chi connectivity index (χ1v) is 40.2. The van der Waals surface area contributed by atoms with Crippen LogP contribution in [0.25, 0.3) is 0 Å². The van der Waals surface area contributed by atoms with E-state index in [1.807, 2.05) is 0 Å². The second-order valence-corrected chi connectivity index (χ2v) is 27.8. The molecule has 0 fully saturated rings. The number of carbonyl (C=O) groups excluding carboxylic acids is 4. The number of unbranched alkanes of at least 4 members (excludes halogenated alkanes) is 32. The second-order valence-electron chi connectivity index (χ2n) is 24.9. The average molecular weight is 1370 g/mol. The Labute approximate surface area is 571 Å². The van der Waals surface area contributed by atoms with Crippen molar-refractivity contribution in [2.45, 2.75) is 341 Å². The number of allylic oxidation sites excluding steroid dienone is 12. The molecule has 0 aliphatic carbocycles. The van der Waals surface area contributed by atoms with Crippen LogP contribution in [0.4, 0.5) is 0 Å². The molecule has 0 aromatic rings. The van der Waals surface area contributed by atoms with E-state index in [2.05, 4.69) is 101 Å². The molecule has 546 valence electrons. The molecule has 0 rings (SSSR count). The van der Waals surface area contributed by atoms with Crippen molar-refractivity contribution in [3.8, 4) is 0 Å². The van der Waals surface area contributed by atoms with Crippen molar-refractivity contribution in [2.75, 3.05) is 39.6 Å². The van der Waals surface area contributed by atoms with Crippen molar-refractivity contribution in [1.82, 2.24) is 0 Å². The van der Waals surface area contributed by atoms with Gasteiger partial charge < -0.3 is 33.8 Å². The zero-order valence-electron chi connectivity index (χ0n) is 59.4. The topological polar surface area (TPSA) is 237 Å². The SMILES string of the molecule is CC/C=C\C/C=C\C/C=C\C/C=C\CCCCCCCCC(=O)OCC(COP(=O)(O)OCC(O)COP(=O)(O)OCC(COC(=O)CCCCCCC/C=C\C/C=C\CCC)OC(=O)CCCCCCCCCCCCC)OC(=O)CCCCCCCCCCCCC. The van der Waals surface area contributed by atoms with Crippen LogP contribution in [0.1, 0.15) is 323 Å². The van der Waals surface area contributed by atoms with E-state index in [0.717, 1.165) is 167 Å². The minimum atomic E-state index is -4.97. The predicted molar refractivity (Wildman–Crippen MR) is 381 cm³/mol. The van der Waals surface area contributed by atoms with Gasteiger partial charge in [0.25, 0.3) is 0 Å². The summed E-state index contributed by atoms with van der Waals surface area (Å²) >= 11 is 0. The maximum Gasteiger partial charge on any atom is 0.472 e. The first kappa shape index (κ1) is 90.5. The van der Waals surface area contributed by atoms with Crippen LogP contribution in [0, 0.1) is 0 Å². The van der Waals surface area contributed by atoms with Gasteiger partial charge in [-0.15, -0.1) is 0 Å². The zero-order valence-corrected chi connectivity index (χ0v) is 61.2. The zero-order chi connectivity index (χ0) is 69.0. The quantitative estimate of drug-likeness (QED) is 0.0169. The number of ether oxygens (including phenoxy) is 4. The molecule has 0 saturated heterocycles. The highest BCUT2D eigenvalue weighted by atomic mass is 31.2. The molecule has 0 aliphatic rings. The van der Waals surface area contributed by atoms with Gasteiger partial charge in [0.15, 0.2) is 12.2 Å². The highest BCUT2D eigenvalue weighted by molar-refractivity contribution is 7.47. The highest BCUT2D eigenvalue weighted by Crippen LogP contribution is 2.45. The van der Waals surface area contributed by atoms with Gasteiger partial charge >= 0.3 is 39.5 Å². The molecule has 0 aromatic heterocycles. The summed E-state index contributed by atoms with van der Waals surface area (Å²) in [6.45, 7) is 4.68. The highest BCUT2D eigenvalue weighted by Gasteiger charge is 2.30. The fraction of sp³-hybridized carbons (Fsp3) is 0.787. The third-order valence-corrected chi connectivity index (χ3v) is 17.6. The van der Waals surface area contributed by atoms with E-state index in [-0.39, 0.29) is 25.7 Å². The van der Waals surface area contributed by atoms with E-state index >= 15 is 0 Å². The molecule has 0 bridgehead atoms. The average Bonchev–Trinajstić information content (AvgIpc) is 1.24. The molecule has 0 aromatic carbocycles. The molecule has 19 heteroatoms. The van der Waals surface area contributed by atoms with Crippen LogP contribution >= 0.6 is 15.6 Å². The third-order valence-electron chi connectivity index (χ3n) is 15.7. The van der Waals surface area contributed by atoms with Crippen LogP contribution < -0.4 is 0 Å². The molecule has 3 N–H and O–H groups in total. The summed E-state index contributed by atoms with van der Waals surface area (Å²) in [6, 6.07) is 0. The van der Waals surface area contributed by atoms with Crippen molar-refractivity contribution in [3.05, 3.63) is 72.9 Å². The molecule has 0 spiro atoms. The summed E-state index contributed by atoms with van der Waals surface area (Å²) in [5.74, 6) is -2.18.